The van der Waals surface area contributed by atoms with E-state index in [2.05, 4.69) is 0 Å². The molecule has 0 aliphatic carbocycles. The Morgan fingerprint density at radius 3 is 1.71 bits per heavy atom. The Hall–Kier alpha value is -2.38. The van der Waals surface area contributed by atoms with E-state index in [1.165, 1.54) is 6.92 Å². The largest absolute Gasteiger partial charge is 0.416 e. The lowest BCUT2D eigenvalue weighted by atomic mass is 9.97. The Labute approximate surface area is 131 Å². The molecule has 0 N–H and O–H groups in total. The topological polar surface area (TPSA) is 17.1 Å². The number of hydrogen-bond acceptors (Lipinski definition) is 1. The average molecular weight is 350 g/mol. The summed E-state index contributed by atoms with van der Waals surface area (Å²) >= 11 is 0. The normalized spacial score (nSPS) is 12.3. The van der Waals surface area contributed by atoms with E-state index < -0.39 is 40.6 Å². The minimum absolute atomic E-state index is 0.0453. The summed E-state index contributed by atoms with van der Waals surface area (Å²) in [6.45, 7) is 1.32. The molecule has 0 saturated heterocycles. The number of carbonyl (C=O) groups is 1. The van der Waals surface area contributed by atoms with Crippen LogP contribution in [0.2, 0.25) is 0 Å². The molecule has 0 heterocycles. The monoisotopic (exact) mass is 350 g/mol. The van der Waals surface area contributed by atoms with Gasteiger partial charge in [-0.1, -0.05) is 0 Å². The van der Waals surface area contributed by atoms with Gasteiger partial charge in [0.15, 0.2) is 5.78 Å². The fraction of sp³-hybridized carbons (Fsp3) is 0.188. The molecule has 0 atom stereocenters. The van der Waals surface area contributed by atoms with Gasteiger partial charge in [-0.2, -0.15) is 26.3 Å². The van der Waals surface area contributed by atoms with Crippen LogP contribution in [0.3, 0.4) is 0 Å². The van der Waals surface area contributed by atoms with Crippen LogP contribution in [0.5, 0.6) is 0 Å². The number of carbonyl (C=O) groups excluding carboxylic acids is 1. The van der Waals surface area contributed by atoms with Gasteiger partial charge in [-0.25, -0.2) is 4.39 Å². The fourth-order valence-electron chi connectivity index (χ4n) is 2.04. The van der Waals surface area contributed by atoms with Crippen LogP contribution in [0, 0.1) is 12.7 Å². The number of alkyl halides is 6. The summed E-state index contributed by atoms with van der Waals surface area (Å²) in [4.78, 5) is 12.2. The Morgan fingerprint density at radius 2 is 1.29 bits per heavy atom. The second kappa shape index (κ2) is 5.92. The van der Waals surface area contributed by atoms with Crippen molar-refractivity contribution in [2.24, 2.45) is 0 Å². The van der Waals surface area contributed by atoms with Gasteiger partial charge in [0, 0.05) is 11.1 Å². The zero-order chi connectivity index (χ0) is 18.3. The first-order chi connectivity index (χ1) is 10.9. The van der Waals surface area contributed by atoms with Crippen LogP contribution in [0.4, 0.5) is 30.7 Å². The minimum atomic E-state index is -5.05. The summed E-state index contributed by atoms with van der Waals surface area (Å²) in [5.74, 6) is -1.71. The molecule has 0 unspecified atom stereocenters. The van der Waals surface area contributed by atoms with Gasteiger partial charge in [0.25, 0.3) is 0 Å². The average Bonchev–Trinajstić information content (AvgIpc) is 2.47. The van der Waals surface area contributed by atoms with Gasteiger partial charge in [0.1, 0.15) is 5.82 Å². The molecule has 0 saturated carbocycles. The highest BCUT2D eigenvalue weighted by molar-refractivity contribution is 6.09. The van der Waals surface area contributed by atoms with Crippen molar-refractivity contribution < 1.29 is 35.5 Å². The van der Waals surface area contributed by atoms with E-state index in [-0.39, 0.29) is 17.2 Å². The highest BCUT2D eigenvalue weighted by atomic mass is 19.4. The molecule has 0 amide bonds. The third kappa shape index (κ3) is 3.74. The van der Waals surface area contributed by atoms with Gasteiger partial charge in [0.05, 0.1) is 11.1 Å². The maximum atomic E-state index is 13.2. The van der Waals surface area contributed by atoms with Gasteiger partial charge in [-0.05, 0) is 48.9 Å². The predicted octanol–water partition coefficient (Wildman–Crippen LogP) is 5.40. The van der Waals surface area contributed by atoms with Gasteiger partial charge >= 0.3 is 12.4 Å². The first kappa shape index (κ1) is 18.0. The molecule has 0 fully saturated rings. The van der Waals surface area contributed by atoms with E-state index in [0.717, 1.165) is 18.2 Å². The summed E-state index contributed by atoms with van der Waals surface area (Å²) in [5, 5.41) is 0. The van der Waals surface area contributed by atoms with Crippen LogP contribution in [-0.4, -0.2) is 5.78 Å². The fourth-order valence-corrected chi connectivity index (χ4v) is 2.04. The molecule has 0 aliphatic rings. The Kier molecular flexibility index (Phi) is 4.43. The summed E-state index contributed by atoms with van der Waals surface area (Å²) in [5.41, 5.74) is -4.10. The molecule has 1 nitrogen and oxygen atoms in total. The molecule has 24 heavy (non-hydrogen) atoms. The van der Waals surface area contributed by atoms with E-state index >= 15 is 0 Å². The minimum Gasteiger partial charge on any atom is -0.289 e. The molecule has 2 rings (SSSR count). The zero-order valence-corrected chi connectivity index (χ0v) is 12.0. The Morgan fingerprint density at radius 1 is 0.792 bits per heavy atom. The number of hydrogen-bond donors (Lipinski definition) is 0. The van der Waals surface area contributed by atoms with E-state index in [1.807, 2.05) is 0 Å². The molecule has 8 heteroatoms. The molecule has 2 aromatic carbocycles. The molecular weight excluding hydrogens is 341 g/mol. The first-order valence-electron chi connectivity index (χ1n) is 6.50. The predicted molar refractivity (Wildman–Crippen MR) is 71.0 cm³/mol. The molecule has 128 valence electrons. The summed E-state index contributed by atoms with van der Waals surface area (Å²) < 4.78 is 89.9. The van der Waals surface area contributed by atoms with E-state index in [4.69, 9.17) is 0 Å². The SMILES string of the molecule is Cc1cc(C(=O)c2cc(C(F)(F)F)cc(C(F)(F)F)c2)ccc1F. The van der Waals surface area contributed by atoms with Crippen molar-refractivity contribution in [1.29, 1.82) is 0 Å². The van der Waals surface area contributed by atoms with Crippen LogP contribution < -0.4 is 0 Å². The van der Waals surface area contributed by atoms with Crippen LogP contribution in [-0.2, 0) is 12.4 Å². The lowest BCUT2D eigenvalue weighted by Gasteiger charge is -2.14. The second-order valence-corrected chi connectivity index (χ2v) is 5.09. The second-order valence-electron chi connectivity index (χ2n) is 5.09. The third-order valence-electron chi connectivity index (χ3n) is 3.27. The quantitative estimate of drug-likeness (QED) is 0.523. The maximum Gasteiger partial charge on any atom is 0.416 e. The summed E-state index contributed by atoms with van der Waals surface area (Å²) in [7, 11) is 0. The molecular formula is C16H9F7O. The summed E-state index contributed by atoms with van der Waals surface area (Å²) in [6, 6.07) is 3.60. The van der Waals surface area contributed by atoms with Crippen molar-refractivity contribution in [3.63, 3.8) is 0 Å². The molecule has 0 radical (unpaired) electrons. The Bertz CT molecular complexity index is 756. The van der Waals surface area contributed by atoms with E-state index in [9.17, 15) is 35.5 Å². The van der Waals surface area contributed by atoms with Crippen molar-refractivity contribution in [3.8, 4) is 0 Å². The number of benzene rings is 2. The zero-order valence-electron chi connectivity index (χ0n) is 12.0. The van der Waals surface area contributed by atoms with E-state index in [0.29, 0.717) is 12.1 Å². The van der Waals surface area contributed by atoms with Gasteiger partial charge in [-0.3, -0.25) is 4.79 Å². The lowest BCUT2D eigenvalue weighted by Crippen LogP contribution is -2.14. The lowest BCUT2D eigenvalue weighted by molar-refractivity contribution is -0.143. The standard InChI is InChI=1S/C16H9F7O/c1-8-4-9(2-3-13(8)17)14(24)10-5-11(15(18,19)20)7-12(6-10)16(21,22)23/h2-7H,1H3. The van der Waals surface area contributed by atoms with Crippen LogP contribution in [0.25, 0.3) is 0 Å². The maximum absolute atomic E-state index is 13.2. The molecule has 2 aromatic rings. The molecule has 0 aliphatic heterocycles. The van der Waals surface area contributed by atoms with Crippen LogP contribution in [0.15, 0.2) is 36.4 Å². The molecule has 0 spiro atoms. The van der Waals surface area contributed by atoms with Crippen LogP contribution >= 0.6 is 0 Å². The number of aryl methyl sites for hydroxylation is 1. The molecule has 0 bridgehead atoms. The van der Waals surface area contributed by atoms with Crippen molar-refractivity contribution >= 4 is 5.78 Å². The first-order valence-corrected chi connectivity index (χ1v) is 6.50. The number of ketones is 1. The highest BCUT2D eigenvalue weighted by Gasteiger charge is 2.37. The van der Waals surface area contributed by atoms with Crippen molar-refractivity contribution in [3.05, 3.63) is 70.0 Å². The van der Waals surface area contributed by atoms with Crippen molar-refractivity contribution in [1.82, 2.24) is 0 Å². The highest BCUT2D eigenvalue weighted by Crippen LogP contribution is 2.36. The van der Waals surface area contributed by atoms with Crippen molar-refractivity contribution in [2.75, 3.05) is 0 Å². The summed E-state index contributed by atoms with van der Waals surface area (Å²) in [6.07, 6.45) is -10.1. The Balaban J connectivity index is 2.60. The molecule has 0 aromatic heterocycles. The number of halogens is 7. The number of rotatable bonds is 2. The van der Waals surface area contributed by atoms with Crippen LogP contribution in [0.1, 0.15) is 32.6 Å². The third-order valence-corrected chi connectivity index (χ3v) is 3.27. The van der Waals surface area contributed by atoms with Crippen molar-refractivity contribution in [2.45, 2.75) is 19.3 Å². The van der Waals surface area contributed by atoms with Gasteiger partial charge < -0.3 is 0 Å². The smallest absolute Gasteiger partial charge is 0.289 e. The van der Waals surface area contributed by atoms with Gasteiger partial charge in [-0.15, -0.1) is 0 Å². The van der Waals surface area contributed by atoms with Gasteiger partial charge in [0.2, 0.25) is 0 Å². The van der Waals surface area contributed by atoms with E-state index in [1.54, 1.807) is 0 Å².